The summed E-state index contributed by atoms with van der Waals surface area (Å²) in [6.45, 7) is 3.69. The lowest BCUT2D eigenvalue weighted by molar-refractivity contribution is 0.0967. The molecule has 5 heteroatoms. The molecule has 0 unspecified atom stereocenters. The van der Waals surface area contributed by atoms with Crippen molar-refractivity contribution in [1.82, 2.24) is 5.32 Å². The van der Waals surface area contributed by atoms with Crippen LogP contribution in [0.2, 0.25) is 0 Å². The molecule has 3 N–H and O–H groups in total. The molecule has 0 aromatic heterocycles. The number of nitrogens with one attached hydrogen (secondary N) is 2. The summed E-state index contributed by atoms with van der Waals surface area (Å²) in [4.78, 5) is 24.3. The highest BCUT2D eigenvalue weighted by Gasteiger charge is 2.12. The van der Waals surface area contributed by atoms with Crippen molar-refractivity contribution in [3.8, 4) is 5.75 Å². The number of amides is 3. The van der Waals surface area contributed by atoms with Crippen molar-refractivity contribution >= 4 is 28.4 Å². The van der Waals surface area contributed by atoms with E-state index in [0.717, 1.165) is 21.9 Å². The van der Waals surface area contributed by atoms with E-state index in [1.54, 1.807) is 36.4 Å². The fraction of sp³-hybridized carbons (Fsp3) is 0.100. The average Bonchev–Trinajstić information content (AvgIpc) is 2.60. The van der Waals surface area contributed by atoms with Crippen LogP contribution in [0.5, 0.6) is 5.75 Å². The van der Waals surface area contributed by atoms with Gasteiger partial charge in [0.25, 0.3) is 5.91 Å². The second-order valence-corrected chi connectivity index (χ2v) is 5.87. The van der Waals surface area contributed by atoms with E-state index in [9.17, 15) is 14.7 Å². The van der Waals surface area contributed by atoms with Gasteiger partial charge in [-0.05, 0) is 60.0 Å². The number of fused-ring (bicyclic) bond motifs is 1. The molecule has 0 spiro atoms. The van der Waals surface area contributed by atoms with E-state index in [2.05, 4.69) is 10.6 Å². The van der Waals surface area contributed by atoms with Crippen LogP contribution in [0.4, 0.5) is 10.5 Å². The first-order valence-corrected chi connectivity index (χ1v) is 7.86. The van der Waals surface area contributed by atoms with Crippen LogP contribution in [0.15, 0.2) is 54.6 Å². The van der Waals surface area contributed by atoms with Crippen LogP contribution in [-0.4, -0.2) is 17.0 Å². The lowest BCUT2D eigenvalue weighted by atomic mass is 10.0. The summed E-state index contributed by atoms with van der Waals surface area (Å²) in [6, 6.07) is 15.2. The molecule has 0 aliphatic rings. The molecule has 3 amide bonds. The number of phenols is 1. The van der Waals surface area contributed by atoms with Gasteiger partial charge in [-0.3, -0.25) is 10.1 Å². The molecule has 0 aliphatic heterocycles. The van der Waals surface area contributed by atoms with Gasteiger partial charge in [0.15, 0.2) is 0 Å². The Morgan fingerprint density at radius 3 is 2.48 bits per heavy atom. The molecule has 0 atom stereocenters. The van der Waals surface area contributed by atoms with Crippen LogP contribution in [0.3, 0.4) is 0 Å². The van der Waals surface area contributed by atoms with Crippen LogP contribution >= 0.6 is 0 Å². The van der Waals surface area contributed by atoms with Crippen molar-refractivity contribution < 1.29 is 14.7 Å². The minimum atomic E-state index is -0.582. The number of rotatable bonds is 2. The number of hydrogen-bond donors (Lipinski definition) is 3. The van der Waals surface area contributed by atoms with Gasteiger partial charge in [-0.2, -0.15) is 0 Å². The predicted octanol–water partition coefficient (Wildman–Crippen LogP) is 4.12. The third-order valence-electron chi connectivity index (χ3n) is 4.14. The zero-order chi connectivity index (χ0) is 18.0. The Morgan fingerprint density at radius 1 is 0.960 bits per heavy atom. The summed E-state index contributed by atoms with van der Waals surface area (Å²) in [5.41, 5.74) is 2.68. The summed E-state index contributed by atoms with van der Waals surface area (Å²) in [5, 5.41) is 16.4. The SMILES string of the molecule is Cc1ccccc1NC(=O)NC(=O)c1ccc2c(C)c(O)ccc2c1. The van der Waals surface area contributed by atoms with Gasteiger partial charge in [0.2, 0.25) is 0 Å². The van der Waals surface area contributed by atoms with Gasteiger partial charge in [-0.15, -0.1) is 0 Å². The van der Waals surface area contributed by atoms with Crippen LogP contribution < -0.4 is 10.6 Å². The molecule has 0 saturated heterocycles. The predicted molar refractivity (Wildman–Crippen MR) is 98.0 cm³/mol. The number of imide groups is 1. The van der Waals surface area contributed by atoms with Gasteiger partial charge >= 0.3 is 6.03 Å². The Morgan fingerprint density at radius 2 is 1.72 bits per heavy atom. The maximum atomic E-state index is 12.3. The molecule has 0 saturated carbocycles. The number of phenolic OH excluding ortho intramolecular Hbond substituents is 1. The summed E-state index contributed by atoms with van der Waals surface area (Å²) >= 11 is 0. The normalized spacial score (nSPS) is 10.5. The molecule has 0 fully saturated rings. The number of carbonyl (C=O) groups excluding carboxylic acids is 2. The molecular formula is C20H18N2O3. The molecule has 0 radical (unpaired) electrons. The smallest absolute Gasteiger partial charge is 0.326 e. The van der Waals surface area contributed by atoms with Crippen molar-refractivity contribution in [3.05, 3.63) is 71.3 Å². The number of benzene rings is 3. The van der Waals surface area contributed by atoms with E-state index in [1.807, 2.05) is 32.0 Å². The molecule has 126 valence electrons. The van der Waals surface area contributed by atoms with Gasteiger partial charge in [-0.25, -0.2) is 4.79 Å². The van der Waals surface area contributed by atoms with Gasteiger partial charge in [0.05, 0.1) is 0 Å². The van der Waals surface area contributed by atoms with E-state index in [1.165, 1.54) is 0 Å². The van der Waals surface area contributed by atoms with E-state index in [-0.39, 0.29) is 5.75 Å². The first-order chi connectivity index (χ1) is 12.0. The number of urea groups is 1. The summed E-state index contributed by atoms with van der Waals surface area (Å²) in [6.07, 6.45) is 0. The topological polar surface area (TPSA) is 78.4 Å². The summed E-state index contributed by atoms with van der Waals surface area (Å²) in [5.74, 6) is -0.277. The lowest BCUT2D eigenvalue weighted by Crippen LogP contribution is -2.34. The molecule has 25 heavy (non-hydrogen) atoms. The zero-order valence-electron chi connectivity index (χ0n) is 14.0. The molecule has 3 aromatic carbocycles. The Labute approximate surface area is 145 Å². The van der Waals surface area contributed by atoms with Gasteiger partial charge in [-0.1, -0.05) is 30.3 Å². The van der Waals surface area contributed by atoms with Crippen molar-refractivity contribution in [3.63, 3.8) is 0 Å². The van der Waals surface area contributed by atoms with E-state index < -0.39 is 11.9 Å². The Balaban J connectivity index is 1.77. The van der Waals surface area contributed by atoms with Crippen molar-refractivity contribution in [2.24, 2.45) is 0 Å². The van der Waals surface area contributed by atoms with Crippen LogP contribution in [0.25, 0.3) is 10.8 Å². The lowest BCUT2D eigenvalue weighted by Gasteiger charge is -2.10. The quantitative estimate of drug-likeness (QED) is 0.659. The first-order valence-electron chi connectivity index (χ1n) is 7.86. The summed E-state index contributed by atoms with van der Waals surface area (Å²) in [7, 11) is 0. The van der Waals surface area contributed by atoms with Crippen molar-refractivity contribution in [2.75, 3.05) is 5.32 Å². The Kier molecular flexibility index (Phi) is 4.39. The molecule has 3 aromatic rings. The molecule has 3 rings (SSSR count). The van der Waals surface area contributed by atoms with E-state index in [4.69, 9.17) is 0 Å². The fourth-order valence-electron chi connectivity index (χ4n) is 2.66. The van der Waals surface area contributed by atoms with Gasteiger partial charge in [0, 0.05) is 11.3 Å². The molecule has 0 heterocycles. The molecule has 0 bridgehead atoms. The maximum Gasteiger partial charge on any atom is 0.326 e. The van der Waals surface area contributed by atoms with Crippen LogP contribution in [-0.2, 0) is 0 Å². The number of aromatic hydroxyl groups is 1. The molecule has 0 aliphatic carbocycles. The fourth-order valence-corrected chi connectivity index (χ4v) is 2.66. The van der Waals surface area contributed by atoms with Gasteiger partial charge in [0.1, 0.15) is 5.75 Å². The monoisotopic (exact) mass is 334 g/mol. The highest BCUT2D eigenvalue weighted by molar-refractivity contribution is 6.09. The minimum absolute atomic E-state index is 0.210. The second-order valence-electron chi connectivity index (χ2n) is 5.87. The number of aryl methyl sites for hydroxylation is 2. The van der Waals surface area contributed by atoms with E-state index >= 15 is 0 Å². The van der Waals surface area contributed by atoms with Crippen molar-refractivity contribution in [2.45, 2.75) is 13.8 Å². The Bertz CT molecular complexity index is 980. The highest BCUT2D eigenvalue weighted by Crippen LogP contribution is 2.26. The molecular weight excluding hydrogens is 316 g/mol. The number of carbonyl (C=O) groups is 2. The van der Waals surface area contributed by atoms with E-state index in [0.29, 0.717) is 11.3 Å². The third-order valence-corrected chi connectivity index (χ3v) is 4.14. The number of anilines is 1. The third kappa shape index (κ3) is 3.45. The zero-order valence-corrected chi connectivity index (χ0v) is 14.0. The molecule has 5 nitrogen and oxygen atoms in total. The second kappa shape index (κ2) is 6.65. The highest BCUT2D eigenvalue weighted by atomic mass is 16.3. The van der Waals surface area contributed by atoms with Crippen molar-refractivity contribution in [1.29, 1.82) is 0 Å². The Hall–Kier alpha value is -3.34. The van der Waals surface area contributed by atoms with Crippen LogP contribution in [0.1, 0.15) is 21.5 Å². The summed E-state index contributed by atoms with van der Waals surface area (Å²) < 4.78 is 0. The maximum absolute atomic E-state index is 12.3. The number of para-hydroxylation sites is 1. The van der Waals surface area contributed by atoms with Crippen LogP contribution in [0, 0.1) is 13.8 Å². The largest absolute Gasteiger partial charge is 0.508 e. The van der Waals surface area contributed by atoms with Gasteiger partial charge < -0.3 is 10.4 Å². The first kappa shape index (κ1) is 16.5. The average molecular weight is 334 g/mol. The minimum Gasteiger partial charge on any atom is -0.508 e. The standard InChI is InChI=1S/C20H18N2O3/c1-12-5-3-4-6-17(12)21-20(25)22-19(24)15-7-9-16-13(2)18(23)10-8-14(16)11-15/h3-11,23H,1-2H3,(H2,21,22,24,25). The number of hydrogen-bond acceptors (Lipinski definition) is 3.